The van der Waals surface area contributed by atoms with E-state index in [1.54, 1.807) is 0 Å². The van der Waals surface area contributed by atoms with Crippen LogP contribution in [-0.2, 0) is 13.0 Å². The maximum Gasteiger partial charge on any atom is 0.0577 e. The van der Waals surface area contributed by atoms with Gasteiger partial charge in [0.05, 0.1) is 5.38 Å². The van der Waals surface area contributed by atoms with Crippen molar-refractivity contribution in [3.63, 3.8) is 0 Å². The van der Waals surface area contributed by atoms with Gasteiger partial charge in [0.25, 0.3) is 0 Å². The first-order chi connectivity index (χ1) is 9.20. The number of benzene rings is 2. The molecule has 0 amide bonds. The first kappa shape index (κ1) is 14.0. The third-order valence-corrected chi connectivity index (χ3v) is 3.54. The summed E-state index contributed by atoms with van der Waals surface area (Å²) in [6, 6.07) is 16.9. The molecule has 0 saturated carbocycles. The Morgan fingerprint density at radius 3 is 2.26 bits per heavy atom. The summed E-state index contributed by atoms with van der Waals surface area (Å²) in [5, 5.41) is 3.48. The van der Waals surface area contributed by atoms with Crippen LogP contribution in [0.3, 0.4) is 0 Å². The highest BCUT2D eigenvalue weighted by Gasteiger charge is 2.06. The van der Waals surface area contributed by atoms with Gasteiger partial charge in [-0.2, -0.15) is 0 Å². The molecule has 1 unspecified atom stereocenters. The molecule has 0 heterocycles. The predicted octanol–water partition coefficient (Wildman–Crippen LogP) is 5.16. The topological polar surface area (TPSA) is 12.0 Å². The number of anilines is 1. The molecule has 0 fully saturated rings. The molecule has 0 aliphatic heterocycles. The molecule has 1 atom stereocenters. The van der Waals surface area contributed by atoms with E-state index in [2.05, 4.69) is 48.6 Å². The Kier molecular flexibility index (Phi) is 4.86. The Labute approximate surface area is 120 Å². The number of hydrogen-bond donors (Lipinski definition) is 1. The molecule has 1 nitrogen and oxygen atoms in total. The summed E-state index contributed by atoms with van der Waals surface area (Å²) in [7, 11) is 0. The Morgan fingerprint density at radius 1 is 1.00 bits per heavy atom. The SMILES string of the molecule is CCc1ccc(CNc2ccccc2C(C)Cl)cc1. The Balaban J connectivity index is 2.05. The Morgan fingerprint density at radius 2 is 1.63 bits per heavy atom. The third-order valence-electron chi connectivity index (χ3n) is 3.30. The van der Waals surface area contributed by atoms with Crippen LogP contribution >= 0.6 is 11.6 Å². The van der Waals surface area contributed by atoms with Gasteiger partial charge < -0.3 is 5.32 Å². The van der Waals surface area contributed by atoms with E-state index in [1.165, 1.54) is 11.1 Å². The number of alkyl halides is 1. The van der Waals surface area contributed by atoms with Crippen LogP contribution in [0.25, 0.3) is 0 Å². The minimum atomic E-state index is 0.0196. The molecule has 2 aromatic rings. The lowest BCUT2D eigenvalue weighted by Gasteiger charge is -2.13. The molecular weight excluding hydrogens is 254 g/mol. The summed E-state index contributed by atoms with van der Waals surface area (Å²) in [4.78, 5) is 0. The molecule has 2 aromatic carbocycles. The average molecular weight is 274 g/mol. The number of hydrogen-bond acceptors (Lipinski definition) is 1. The van der Waals surface area contributed by atoms with Crippen molar-refractivity contribution in [3.8, 4) is 0 Å². The highest BCUT2D eigenvalue weighted by molar-refractivity contribution is 6.21. The highest BCUT2D eigenvalue weighted by Crippen LogP contribution is 2.27. The van der Waals surface area contributed by atoms with E-state index in [1.807, 2.05) is 19.1 Å². The minimum absolute atomic E-state index is 0.0196. The second-order valence-electron chi connectivity index (χ2n) is 4.73. The molecule has 0 aliphatic rings. The van der Waals surface area contributed by atoms with Gasteiger partial charge in [-0.15, -0.1) is 11.6 Å². The summed E-state index contributed by atoms with van der Waals surface area (Å²) in [6.07, 6.45) is 1.08. The van der Waals surface area contributed by atoms with Crippen LogP contribution in [0.15, 0.2) is 48.5 Å². The molecular formula is C17H20ClN. The summed E-state index contributed by atoms with van der Waals surface area (Å²) < 4.78 is 0. The van der Waals surface area contributed by atoms with Gasteiger partial charge in [-0.1, -0.05) is 49.4 Å². The van der Waals surface area contributed by atoms with Crippen molar-refractivity contribution in [2.45, 2.75) is 32.2 Å². The van der Waals surface area contributed by atoms with Gasteiger partial charge in [-0.05, 0) is 36.1 Å². The molecule has 1 N–H and O–H groups in total. The fourth-order valence-corrected chi connectivity index (χ4v) is 2.29. The zero-order valence-electron chi connectivity index (χ0n) is 11.5. The van der Waals surface area contributed by atoms with E-state index in [0.29, 0.717) is 0 Å². The molecule has 100 valence electrons. The number of halogens is 1. The molecule has 0 radical (unpaired) electrons. The van der Waals surface area contributed by atoms with Crippen molar-refractivity contribution in [1.82, 2.24) is 0 Å². The van der Waals surface area contributed by atoms with Crippen molar-refractivity contribution in [1.29, 1.82) is 0 Å². The van der Waals surface area contributed by atoms with Gasteiger partial charge >= 0.3 is 0 Å². The number of para-hydroxylation sites is 1. The first-order valence-electron chi connectivity index (χ1n) is 6.75. The molecule has 0 bridgehead atoms. The van der Waals surface area contributed by atoms with Crippen molar-refractivity contribution < 1.29 is 0 Å². The molecule has 2 rings (SSSR count). The van der Waals surface area contributed by atoms with Crippen molar-refractivity contribution in [2.75, 3.05) is 5.32 Å². The summed E-state index contributed by atoms with van der Waals surface area (Å²) in [6.45, 7) is 4.99. The van der Waals surface area contributed by atoms with Crippen LogP contribution in [0.2, 0.25) is 0 Å². The minimum Gasteiger partial charge on any atom is -0.381 e. The van der Waals surface area contributed by atoms with E-state index in [4.69, 9.17) is 11.6 Å². The largest absolute Gasteiger partial charge is 0.381 e. The van der Waals surface area contributed by atoms with Gasteiger partial charge in [-0.3, -0.25) is 0 Å². The predicted molar refractivity (Wildman–Crippen MR) is 83.9 cm³/mol. The van der Waals surface area contributed by atoms with Gasteiger partial charge in [0, 0.05) is 12.2 Å². The molecule has 0 saturated heterocycles. The molecule has 2 heteroatoms. The normalized spacial score (nSPS) is 12.2. The maximum absolute atomic E-state index is 6.19. The molecule has 0 spiro atoms. The second kappa shape index (κ2) is 6.63. The quantitative estimate of drug-likeness (QED) is 0.742. The van der Waals surface area contributed by atoms with E-state index >= 15 is 0 Å². The number of aryl methyl sites for hydroxylation is 1. The van der Waals surface area contributed by atoms with Crippen LogP contribution in [0.5, 0.6) is 0 Å². The lowest BCUT2D eigenvalue weighted by atomic mass is 10.1. The Hall–Kier alpha value is -1.47. The van der Waals surface area contributed by atoms with Crippen molar-refractivity contribution >= 4 is 17.3 Å². The number of rotatable bonds is 5. The average Bonchev–Trinajstić information content (AvgIpc) is 2.46. The van der Waals surface area contributed by atoms with Gasteiger partial charge in [0.1, 0.15) is 0 Å². The summed E-state index contributed by atoms with van der Waals surface area (Å²) in [5.41, 5.74) is 4.92. The van der Waals surface area contributed by atoms with Crippen LogP contribution in [0.4, 0.5) is 5.69 Å². The van der Waals surface area contributed by atoms with E-state index in [0.717, 1.165) is 24.2 Å². The van der Waals surface area contributed by atoms with E-state index in [9.17, 15) is 0 Å². The molecule has 0 aromatic heterocycles. The third kappa shape index (κ3) is 3.74. The summed E-state index contributed by atoms with van der Waals surface area (Å²) >= 11 is 6.19. The highest BCUT2D eigenvalue weighted by atomic mass is 35.5. The van der Waals surface area contributed by atoms with Crippen molar-refractivity contribution in [2.24, 2.45) is 0 Å². The van der Waals surface area contributed by atoms with Crippen LogP contribution < -0.4 is 5.32 Å². The fraction of sp³-hybridized carbons (Fsp3) is 0.294. The number of nitrogens with one attached hydrogen (secondary N) is 1. The van der Waals surface area contributed by atoms with Crippen LogP contribution in [0.1, 0.15) is 35.9 Å². The molecule has 0 aliphatic carbocycles. The zero-order valence-corrected chi connectivity index (χ0v) is 12.2. The molecule has 19 heavy (non-hydrogen) atoms. The van der Waals surface area contributed by atoms with Crippen LogP contribution in [0, 0.1) is 0 Å². The standard InChI is InChI=1S/C17H20ClN/c1-3-14-8-10-15(11-9-14)12-19-17-7-5-4-6-16(17)13(2)18/h4-11,13,19H,3,12H2,1-2H3. The lowest BCUT2D eigenvalue weighted by Crippen LogP contribution is -2.02. The van der Waals surface area contributed by atoms with Gasteiger partial charge in [0.15, 0.2) is 0 Å². The van der Waals surface area contributed by atoms with Crippen molar-refractivity contribution in [3.05, 3.63) is 65.2 Å². The Bertz CT molecular complexity index is 517. The van der Waals surface area contributed by atoms with E-state index in [-0.39, 0.29) is 5.38 Å². The van der Waals surface area contributed by atoms with Gasteiger partial charge in [-0.25, -0.2) is 0 Å². The fourth-order valence-electron chi connectivity index (χ4n) is 2.09. The second-order valence-corrected chi connectivity index (χ2v) is 5.38. The van der Waals surface area contributed by atoms with Crippen LogP contribution in [-0.4, -0.2) is 0 Å². The monoisotopic (exact) mass is 273 g/mol. The first-order valence-corrected chi connectivity index (χ1v) is 7.19. The summed E-state index contributed by atoms with van der Waals surface area (Å²) in [5.74, 6) is 0. The maximum atomic E-state index is 6.19. The lowest BCUT2D eigenvalue weighted by molar-refractivity contribution is 1.05. The van der Waals surface area contributed by atoms with Gasteiger partial charge in [0.2, 0.25) is 0 Å². The van der Waals surface area contributed by atoms with E-state index < -0.39 is 0 Å². The smallest absolute Gasteiger partial charge is 0.0577 e. The zero-order chi connectivity index (χ0) is 13.7.